The third-order valence-electron chi connectivity index (χ3n) is 3.30. The predicted octanol–water partition coefficient (Wildman–Crippen LogP) is 3.58. The number of benzene rings is 1. The van der Waals surface area contributed by atoms with Gasteiger partial charge in [-0.15, -0.1) is 0 Å². The first-order chi connectivity index (χ1) is 9.16. The van der Waals surface area contributed by atoms with E-state index in [-0.39, 0.29) is 0 Å². The number of nitrogen functional groups attached to an aromatic ring is 1. The molecule has 3 nitrogen and oxygen atoms in total. The number of aryl methyl sites for hydroxylation is 1. The van der Waals surface area contributed by atoms with Crippen molar-refractivity contribution in [1.29, 1.82) is 0 Å². The Hall–Kier alpha value is -1.81. The van der Waals surface area contributed by atoms with E-state index in [0.717, 1.165) is 27.9 Å². The molecule has 3 rings (SSSR count). The topological polar surface area (TPSA) is 43.3 Å². The van der Waals surface area contributed by atoms with Crippen molar-refractivity contribution in [2.24, 2.45) is 0 Å². The minimum Gasteiger partial charge on any atom is -0.382 e. The van der Waals surface area contributed by atoms with Crippen molar-refractivity contribution in [2.75, 3.05) is 5.73 Å². The van der Waals surface area contributed by atoms with E-state index in [1.165, 1.54) is 5.56 Å². The quantitative estimate of drug-likeness (QED) is 0.785. The van der Waals surface area contributed by atoms with Crippen LogP contribution in [0.4, 0.5) is 5.82 Å². The summed E-state index contributed by atoms with van der Waals surface area (Å²) >= 11 is 3.56. The zero-order valence-electron chi connectivity index (χ0n) is 10.6. The van der Waals surface area contributed by atoms with Gasteiger partial charge >= 0.3 is 0 Å². The van der Waals surface area contributed by atoms with Gasteiger partial charge in [-0.1, -0.05) is 30.3 Å². The van der Waals surface area contributed by atoms with Crippen molar-refractivity contribution in [2.45, 2.75) is 13.3 Å². The molecule has 0 aliphatic rings. The second-order valence-electron chi connectivity index (χ2n) is 4.57. The van der Waals surface area contributed by atoms with Crippen LogP contribution in [0.1, 0.15) is 17.0 Å². The fraction of sp³-hybridized carbons (Fsp3) is 0.133. The summed E-state index contributed by atoms with van der Waals surface area (Å²) in [4.78, 5) is 4.43. The Morgan fingerprint density at radius 1 is 1.16 bits per heavy atom. The Bertz CT molecular complexity index is 732. The third-order valence-corrected chi connectivity index (χ3v) is 4.14. The van der Waals surface area contributed by atoms with Gasteiger partial charge in [0.2, 0.25) is 0 Å². The Morgan fingerprint density at radius 3 is 2.63 bits per heavy atom. The highest BCUT2D eigenvalue weighted by atomic mass is 79.9. The maximum atomic E-state index is 6.07. The lowest BCUT2D eigenvalue weighted by Gasteiger charge is -2.08. The zero-order valence-corrected chi connectivity index (χ0v) is 12.2. The summed E-state index contributed by atoms with van der Waals surface area (Å²) in [6.07, 6.45) is 0.783. The van der Waals surface area contributed by atoms with Gasteiger partial charge in [0.15, 0.2) is 0 Å². The van der Waals surface area contributed by atoms with E-state index in [1.807, 2.05) is 30.3 Å². The highest BCUT2D eigenvalue weighted by Crippen LogP contribution is 2.24. The molecule has 3 aromatic rings. The number of nitrogens with two attached hydrogens (primary N) is 1. The minimum absolute atomic E-state index is 0.602. The lowest BCUT2D eigenvalue weighted by atomic mass is 10.1. The van der Waals surface area contributed by atoms with Gasteiger partial charge in [-0.3, -0.25) is 4.40 Å². The van der Waals surface area contributed by atoms with Crippen molar-refractivity contribution in [1.82, 2.24) is 9.38 Å². The normalized spacial score (nSPS) is 11.1. The van der Waals surface area contributed by atoms with Gasteiger partial charge in [0.25, 0.3) is 0 Å². The van der Waals surface area contributed by atoms with Gasteiger partial charge in [-0.25, -0.2) is 4.98 Å². The Labute approximate surface area is 120 Å². The standard InChI is InChI=1S/C15H14BrN3/c1-10-12(16)7-8-14-18-15(17)13(19(10)14)9-11-5-3-2-4-6-11/h2-8H,9,17H2,1H3. The largest absolute Gasteiger partial charge is 0.382 e. The van der Waals surface area contributed by atoms with E-state index >= 15 is 0 Å². The van der Waals surface area contributed by atoms with Crippen LogP contribution in [0.2, 0.25) is 0 Å². The summed E-state index contributed by atoms with van der Waals surface area (Å²) in [5.41, 5.74) is 10.4. The lowest BCUT2D eigenvalue weighted by Crippen LogP contribution is -2.01. The van der Waals surface area contributed by atoms with E-state index in [0.29, 0.717) is 5.82 Å². The maximum Gasteiger partial charge on any atom is 0.146 e. The molecule has 0 atom stereocenters. The average Bonchev–Trinajstić information content (AvgIpc) is 2.73. The summed E-state index contributed by atoms with van der Waals surface area (Å²) in [5, 5.41) is 0. The summed E-state index contributed by atoms with van der Waals surface area (Å²) < 4.78 is 3.18. The zero-order chi connectivity index (χ0) is 13.4. The van der Waals surface area contributed by atoms with Gasteiger partial charge in [0, 0.05) is 16.6 Å². The van der Waals surface area contributed by atoms with Crippen LogP contribution in [0, 0.1) is 6.92 Å². The highest BCUT2D eigenvalue weighted by Gasteiger charge is 2.13. The molecule has 0 saturated heterocycles. The molecule has 0 bridgehead atoms. The molecule has 4 heteroatoms. The molecule has 0 amide bonds. The monoisotopic (exact) mass is 315 g/mol. The minimum atomic E-state index is 0.602. The Morgan fingerprint density at radius 2 is 1.89 bits per heavy atom. The molecular formula is C15H14BrN3. The molecule has 2 N–H and O–H groups in total. The fourth-order valence-electron chi connectivity index (χ4n) is 2.31. The van der Waals surface area contributed by atoms with Crippen LogP contribution < -0.4 is 5.73 Å². The highest BCUT2D eigenvalue weighted by molar-refractivity contribution is 9.10. The molecule has 0 unspecified atom stereocenters. The molecule has 19 heavy (non-hydrogen) atoms. The van der Waals surface area contributed by atoms with Crippen LogP contribution >= 0.6 is 15.9 Å². The SMILES string of the molecule is Cc1c(Br)ccc2nc(N)c(Cc3ccccc3)n12. The smallest absolute Gasteiger partial charge is 0.146 e. The summed E-state index contributed by atoms with van der Waals surface area (Å²) in [6.45, 7) is 2.06. The van der Waals surface area contributed by atoms with Crippen molar-refractivity contribution >= 4 is 27.4 Å². The van der Waals surface area contributed by atoms with Crippen LogP contribution in [0.15, 0.2) is 46.9 Å². The number of hydrogen-bond acceptors (Lipinski definition) is 2. The van der Waals surface area contributed by atoms with Crippen molar-refractivity contribution < 1.29 is 0 Å². The molecule has 0 radical (unpaired) electrons. The van der Waals surface area contributed by atoms with Crippen LogP contribution in [0.3, 0.4) is 0 Å². The van der Waals surface area contributed by atoms with Gasteiger partial charge in [0.1, 0.15) is 11.5 Å². The number of aromatic nitrogens is 2. The van der Waals surface area contributed by atoms with Crippen LogP contribution in [0.25, 0.3) is 5.65 Å². The molecule has 0 aliphatic heterocycles. The molecule has 0 fully saturated rings. The second kappa shape index (κ2) is 4.70. The summed E-state index contributed by atoms with van der Waals surface area (Å²) in [5.74, 6) is 0.602. The Balaban J connectivity index is 2.18. The number of nitrogens with zero attached hydrogens (tertiary/aromatic N) is 2. The number of halogens is 1. The van der Waals surface area contributed by atoms with Gasteiger partial charge in [-0.05, 0) is 40.5 Å². The number of imidazole rings is 1. The molecule has 96 valence electrons. The molecule has 0 saturated carbocycles. The number of anilines is 1. The molecule has 0 spiro atoms. The maximum absolute atomic E-state index is 6.07. The number of rotatable bonds is 2. The lowest BCUT2D eigenvalue weighted by molar-refractivity contribution is 0.978. The van der Waals surface area contributed by atoms with Gasteiger partial charge in [0.05, 0.1) is 5.69 Å². The number of pyridine rings is 1. The van der Waals surface area contributed by atoms with E-state index in [2.05, 4.69) is 44.4 Å². The average molecular weight is 316 g/mol. The molecular weight excluding hydrogens is 302 g/mol. The third kappa shape index (κ3) is 2.12. The van der Waals surface area contributed by atoms with E-state index in [9.17, 15) is 0 Å². The molecule has 2 aromatic heterocycles. The van der Waals surface area contributed by atoms with Crippen molar-refractivity contribution in [3.05, 3.63) is 63.9 Å². The Kier molecular flexibility index (Phi) is 3.03. The van der Waals surface area contributed by atoms with E-state index < -0.39 is 0 Å². The summed E-state index contributed by atoms with van der Waals surface area (Å²) in [6, 6.07) is 14.3. The van der Waals surface area contributed by atoms with Crippen LogP contribution in [-0.4, -0.2) is 9.38 Å². The molecule has 1 aromatic carbocycles. The van der Waals surface area contributed by atoms with Crippen LogP contribution in [-0.2, 0) is 6.42 Å². The summed E-state index contributed by atoms with van der Waals surface area (Å²) in [7, 11) is 0. The van der Waals surface area contributed by atoms with Crippen molar-refractivity contribution in [3.63, 3.8) is 0 Å². The van der Waals surface area contributed by atoms with Gasteiger partial charge < -0.3 is 5.73 Å². The second-order valence-corrected chi connectivity index (χ2v) is 5.42. The number of fused-ring (bicyclic) bond motifs is 1. The van der Waals surface area contributed by atoms with Crippen molar-refractivity contribution in [3.8, 4) is 0 Å². The fourth-order valence-corrected chi connectivity index (χ4v) is 2.62. The number of hydrogen-bond donors (Lipinski definition) is 1. The van der Waals surface area contributed by atoms with Gasteiger partial charge in [-0.2, -0.15) is 0 Å². The molecule has 0 aliphatic carbocycles. The molecule has 2 heterocycles. The first kappa shape index (κ1) is 12.2. The van der Waals surface area contributed by atoms with E-state index in [4.69, 9.17) is 5.73 Å². The first-order valence-electron chi connectivity index (χ1n) is 6.12. The van der Waals surface area contributed by atoms with Crippen LogP contribution in [0.5, 0.6) is 0 Å². The predicted molar refractivity (Wildman–Crippen MR) is 81.3 cm³/mol. The first-order valence-corrected chi connectivity index (χ1v) is 6.92. The van der Waals surface area contributed by atoms with E-state index in [1.54, 1.807) is 0 Å².